The molecule has 132 valence electrons. The molecule has 0 radical (unpaired) electrons. The first-order chi connectivity index (χ1) is 11.9. The molecule has 0 fully saturated rings. The van der Waals surface area contributed by atoms with Crippen LogP contribution in [0.3, 0.4) is 0 Å². The number of benzene rings is 2. The molecular weight excluding hydrogens is 325 g/mol. The molecule has 0 saturated carbocycles. The van der Waals surface area contributed by atoms with Crippen LogP contribution in [0.1, 0.15) is 16.7 Å². The van der Waals surface area contributed by atoms with Crippen molar-refractivity contribution in [1.29, 1.82) is 0 Å². The number of hydrogen-bond donors (Lipinski definition) is 1. The van der Waals surface area contributed by atoms with Gasteiger partial charge in [0.15, 0.2) is 13.2 Å². The first kappa shape index (κ1) is 18.4. The van der Waals surface area contributed by atoms with Gasteiger partial charge in [-0.2, -0.15) is 0 Å². The summed E-state index contributed by atoms with van der Waals surface area (Å²) < 4.78 is 23.7. The fraction of sp³-hybridized carbons (Fsp3) is 0.263. The Balaban J connectivity index is 1.79. The summed E-state index contributed by atoms with van der Waals surface area (Å²) in [6.45, 7) is 4.62. The van der Waals surface area contributed by atoms with Gasteiger partial charge in [-0.25, -0.2) is 9.18 Å². The minimum Gasteiger partial charge on any atom is -0.481 e. The molecule has 2 aromatic rings. The molecule has 0 aliphatic rings. The predicted molar refractivity (Wildman–Crippen MR) is 92.1 cm³/mol. The van der Waals surface area contributed by atoms with Crippen LogP contribution in [-0.4, -0.2) is 25.1 Å². The van der Waals surface area contributed by atoms with E-state index >= 15 is 0 Å². The van der Waals surface area contributed by atoms with E-state index in [1.54, 1.807) is 19.1 Å². The number of nitrogens with one attached hydrogen (secondary N) is 1. The minimum absolute atomic E-state index is 0.294. The number of carbonyl (C=O) groups is 2. The molecule has 2 aromatic carbocycles. The largest absolute Gasteiger partial charge is 0.481 e. The molecule has 0 saturated heterocycles. The van der Waals surface area contributed by atoms with Crippen LogP contribution in [0.5, 0.6) is 5.75 Å². The molecule has 2 rings (SSSR count). The molecule has 0 bridgehead atoms. The van der Waals surface area contributed by atoms with E-state index < -0.39 is 24.3 Å². The van der Waals surface area contributed by atoms with Gasteiger partial charge >= 0.3 is 5.97 Å². The second-order valence-corrected chi connectivity index (χ2v) is 5.68. The average Bonchev–Trinajstić information content (AvgIpc) is 2.56. The summed E-state index contributed by atoms with van der Waals surface area (Å²) in [5, 5.41) is 2.46. The zero-order valence-corrected chi connectivity index (χ0v) is 14.4. The lowest BCUT2D eigenvalue weighted by atomic mass is 10.1. The van der Waals surface area contributed by atoms with Crippen LogP contribution in [0.15, 0.2) is 36.4 Å². The Morgan fingerprint density at radius 2 is 1.68 bits per heavy atom. The molecule has 0 unspecified atom stereocenters. The summed E-state index contributed by atoms with van der Waals surface area (Å²) in [5.41, 5.74) is 2.60. The molecule has 0 heterocycles. The van der Waals surface area contributed by atoms with Crippen molar-refractivity contribution in [2.75, 3.05) is 18.5 Å². The van der Waals surface area contributed by atoms with Crippen molar-refractivity contribution in [2.24, 2.45) is 0 Å². The second-order valence-electron chi connectivity index (χ2n) is 5.68. The number of carbonyl (C=O) groups excluding carboxylic acids is 2. The Labute approximate surface area is 145 Å². The van der Waals surface area contributed by atoms with Gasteiger partial charge in [0.25, 0.3) is 5.91 Å². The Morgan fingerprint density at radius 1 is 1.00 bits per heavy atom. The van der Waals surface area contributed by atoms with Crippen LogP contribution >= 0.6 is 0 Å². The highest BCUT2D eigenvalue weighted by atomic mass is 19.1. The van der Waals surface area contributed by atoms with E-state index in [0.717, 1.165) is 11.1 Å². The average molecular weight is 345 g/mol. The number of anilines is 1. The lowest BCUT2D eigenvalue weighted by molar-refractivity contribution is -0.149. The lowest BCUT2D eigenvalue weighted by Gasteiger charge is -2.11. The van der Waals surface area contributed by atoms with Crippen molar-refractivity contribution >= 4 is 17.6 Å². The first-order valence-corrected chi connectivity index (χ1v) is 7.77. The van der Waals surface area contributed by atoms with Crippen molar-refractivity contribution in [1.82, 2.24) is 0 Å². The number of esters is 1. The van der Waals surface area contributed by atoms with E-state index in [0.29, 0.717) is 17.0 Å². The number of rotatable bonds is 6. The predicted octanol–water partition coefficient (Wildman–Crippen LogP) is 3.31. The summed E-state index contributed by atoms with van der Waals surface area (Å²) in [7, 11) is 0. The maximum atomic E-state index is 13.4. The molecule has 0 aliphatic carbocycles. The minimum atomic E-state index is -0.659. The van der Waals surface area contributed by atoms with E-state index in [-0.39, 0.29) is 6.61 Å². The third-order valence-corrected chi connectivity index (χ3v) is 3.56. The molecule has 0 aliphatic heterocycles. The highest BCUT2D eigenvalue weighted by Crippen LogP contribution is 2.22. The third kappa shape index (κ3) is 5.31. The van der Waals surface area contributed by atoms with Crippen LogP contribution in [0.2, 0.25) is 0 Å². The Kier molecular flexibility index (Phi) is 6.11. The number of aryl methyl sites for hydroxylation is 3. The van der Waals surface area contributed by atoms with Gasteiger partial charge in [-0.15, -0.1) is 0 Å². The van der Waals surface area contributed by atoms with Crippen LogP contribution < -0.4 is 10.1 Å². The molecule has 6 heteroatoms. The van der Waals surface area contributed by atoms with E-state index in [2.05, 4.69) is 5.32 Å². The standard InChI is InChI=1S/C19H20FNO4/c1-12-7-8-15(9-16(12)20)21-17(22)10-24-18(23)11-25-19-13(2)5-4-6-14(19)3/h4-9H,10-11H2,1-3H3,(H,21,22). The molecule has 0 spiro atoms. The maximum Gasteiger partial charge on any atom is 0.344 e. The van der Waals surface area contributed by atoms with Gasteiger partial charge in [0, 0.05) is 5.69 Å². The summed E-state index contributed by atoms with van der Waals surface area (Å²) in [4.78, 5) is 23.5. The van der Waals surface area contributed by atoms with Crippen LogP contribution in [0.25, 0.3) is 0 Å². The maximum absolute atomic E-state index is 13.4. The fourth-order valence-corrected chi connectivity index (χ4v) is 2.21. The number of halogens is 1. The summed E-state index contributed by atoms with van der Waals surface area (Å²) in [6.07, 6.45) is 0. The van der Waals surface area contributed by atoms with Crippen molar-refractivity contribution < 1.29 is 23.5 Å². The van der Waals surface area contributed by atoms with Crippen molar-refractivity contribution in [3.63, 3.8) is 0 Å². The summed E-state index contributed by atoms with van der Waals surface area (Å²) in [5.74, 6) is -1.01. The van der Waals surface area contributed by atoms with Crippen LogP contribution in [0, 0.1) is 26.6 Å². The van der Waals surface area contributed by atoms with Gasteiger partial charge in [-0.1, -0.05) is 24.3 Å². The Hall–Kier alpha value is -2.89. The van der Waals surface area contributed by atoms with Gasteiger partial charge in [0.05, 0.1) is 0 Å². The van der Waals surface area contributed by atoms with Gasteiger partial charge in [-0.3, -0.25) is 4.79 Å². The van der Waals surface area contributed by atoms with E-state index in [1.807, 2.05) is 32.0 Å². The number of hydrogen-bond acceptors (Lipinski definition) is 4. The summed E-state index contributed by atoms with van der Waals surface area (Å²) in [6, 6.07) is 9.98. The first-order valence-electron chi connectivity index (χ1n) is 7.77. The third-order valence-electron chi connectivity index (χ3n) is 3.56. The zero-order valence-electron chi connectivity index (χ0n) is 14.4. The number of para-hydroxylation sites is 1. The normalized spacial score (nSPS) is 10.2. The monoisotopic (exact) mass is 345 g/mol. The molecular formula is C19H20FNO4. The Bertz CT molecular complexity index is 769. The Morgan fingerprint density at radius 3 is 2.32 bits per heavy atom. The van der Waals surface area contributed by atoms with Crippen molar-refractivity contribution in [3.8, 4) is 5.75 Å². The zero-order chi connectivity index (χ0) is 18.4. The molecule has 1 amide bonds. The molecule has 0 aromatic heterocycles. The quantitative estimate of drug-likeness (QED) is 0.816. The highest BCUT2D eigenvalue weighted by molar-refractivity contribution is 5.92. The van der Waals surface area contributed by atoms with Crippen LogP contribution in [-0.2, 0) is 14.3 Å². The van der Waals surface area contributed by atoms with Crippen molar-refractivity contribution in [2.45, 2.75) is 20.8 Å². The molecule has 0 atom stereocenters. The van der Waals surface area contributed by atoms with Crippen molar-refractivity contribution in [3.05, 3.63) is 58.9 Å². The summed E-state index contributed by atoms with van der Waals surface area (Å²) >= 11 is 0. The second kappa shape index (κ2) is 8.28. The van der Waals surface area contributed by atoms with E-state index in [1.165, 1.54) is 6.07 Å². The van der Waals surface area contributed by atoms with Gasteiger partial charge in [0.2, 0.25) is 0 Å². The fourth-order valence-electron chi connectivity index (χ4n) is 2.21. The van der Waals surface area contributed by atoms with E-state index in [4.69, 9.17) is 9.47 Å². The number of amides is 1. The molecule has 5 nitrogen and oxygen atoms in total. The smallest absolute Gasteiger partial charge is 0.344 e. The highest BCUT2D eigenvalue weighted by Gasteiger charge is 2.11. The lowest BCUT2D eigenvalue weighted by Crippen LogP contribution is -2.24. The van der Waals surface area contributed by atoms with Gasteiger partial charge in [-0.05, 0) is 49.6 Å². The van der Waals surface area contributed by atoms with Crippen LogP contribution in [0.4, 0.5) is 10.1 Å². The van der Waals surface area contributed by atoms with E-state index in [9.17, 15) is 14.0 Å². The van der Waals surface area contributed by atoms with Gasteiger partial charge in [0.1, 0.15) is 11.6 Å². The SMILES string of the molecule is Cc1ccc(NC(=O)COC(=O)COc2c(C)cccc2C)cc1F. The topological polar surface area (TPSA) is 64.6 Å². The molecule has 25 heavy (non-hydrogen) atoms. The number of ether oxygens (including phenoxy) is 2. The van der Waals surface area contributed by atoms with Gasteiger partial charge < -0.3 is 14.8 Å². The molecule has 1 N–H and O–H groups in total.